The molecule has 0 saturated carbocycles. The minimum atomic E-state index is 0.0916. The van der Waals surface area contributed by atoms with E-state index in [0.29, 0.717) is 0 Å². The quantitative estimate of drug-likeness (QED) is 0.580. The maximum Gasteiger partial charge on any atom is 0.122 e. The molecule has 1 aromatic carbocycles. The van der Waals surface area contributed by atoms with Crippen molar-refractivity contribution < 1.29 is 9.47 Å². The van der Waals surface area contributed by atoms with Crippen molar-refractivity contribution in [3.63, 3.8) is 0 Å². The summed E-state index contributed by atoms with van der Waals surface area (Å²) in [5.41, 5.74) is 3.98. The maximum atomic E-state index is 5.72. The Bertz CT molecular complexity index is 521. The van der Waals surface area contributed by atoms with Crippen LogP contribution in [0.2, 0.25) is 0 Å². The number of thiophene rings is 1. The summed E-state index contributed by atoms with van der Waals surface area (Å²) < 4.78 is 10.6. The van der Waals surface area contributed by atoms with Crippen LogP contribution >= 0.6 is 11.3 Å². The van der Waals surface area contributed by atoms with Crippen molar-refractivity contribution in [1.29, 1.82) is 0 Å². The number of hydrogen-bond acceptors (Lipinski definition) is 5. The SMILES string of the molecule is COc1cc(OC)cc(C(CCCc2cccs2)NN)c1. The van der Waals surface area contributed by atoms with Crippen molar-refractivity contribution in [2.24, 2.45) is 5.84 Å². The number of rotatable bonds is 8. The van der Waals surface area contributed by atoms with Gasteiger partial charge in [0, 0.05) is 17.0 Å². The topological polar surface area (TPSA) is 56.5 Å². The van der Waals surface area contributed by atoms with Crippen LogP contribution in [-0.4, -0.2) is 14.2 Å². The summed E-state index contributed by atoms with van der Waals surface area (Å²) in [5, 5.41) is 2.11. The predicted octanol–water partition coefficient (Wildman–Crippen LogP) is 3.29. The van der Waals surface area contributed by atoms with E-state index in [1.165, 1.54) is 4.88 Å². The van der Waals surface area contributed by atoms with E-state index in [4.69, 9.17) is 15.3 Å². The molecule has 0 aliphatic rings. The van der Waals surface area contributed by atoms with E-state index in [-0.39, 0.29) is 6.04 Å². The van der Waals surface area contributed by atoms with Crippen LogP contribution in [0.25, 0.3) is 0 Å². The molecule has 1 unspecified atom stereocenters. The van der Waals surface area contributed by atoms with Gasteiger partial charge in [-0.25, -0.2) is 0 Å². The fourth-order valence-electron chi connectivity index (χ4n) is 2.31. The van der Waals surface area contributed by atoms with Crippen molar-refractivity contribution >= 4 is 11.3 Å². The van der Waals surface area contributed by atoms with Gasteiger partial charge in [-0.2, -0.15) is 0 Å². The molecule has 0 bridgehead atoms. The number of ether oxygens (including phenoxy) is 2. The van der Waals surface area contributed by atoms with Gasteiger partial charge in [-0.3, -0.25) is 11.3 Å². The molecule has 1 heterocycles. The average molecular weight is 306 g/mol. The Balaban J connectivity index is 2.02. The van der Waals surface area contributed by atoms with E-state index in [0.717, 1.165) is 36.3 Å². The predicted molar refractivity (Wildman–Crippen MR) is 86.9 cm³/mol. The second-order valence-electron chi connectivity index (χ2n) is 4.84. The highest BCUT2D eigenvalue weighted by atomic mass is 32.1. The highest BCUT2D eigenvalue weighted by Crippen LogP contribution is 2.28. The summed E-state index contributed by atoms with van der Waals surface area (Å²) in [5.74, 6) is 7.28. The van der Waals surface area contributed by atoms with E-state index in [1.54, 1.807) is 25.6 Å². The lowest BCUT2D eigenvalue weighted by Gasteiger charge is -2.18. The summed E-state index contributed by atoms with van der Waals surface area (Å²) in [4.78, 5) is 1.41. The second kappa shape index (κ2) is 8.02. The van der Waals surface area contributed by atoms with E-state index in [2.05, 4.69) is 22.9 Å². The Labute approximate surface area is 129 Å². The van der Waals surface area contributed by atoms with Crippen LogP contribution in [0.4, 0.5) is 0 Å². The second-order valence-corrected chi connectivity index (χ2v) is 5.87. The molecular formula is C16H22N2O2S. The van der Waals surface area contributed by atoms with Crippen LogP contribution < -0.4 is 20.7 Å². The summed E-state index contributed by atoms with van der Waals surface area (Å²) in [6.45, 7) is 0. The standard InChI is InChI=1S/C16H22N2O2S/c1-19-13-9-12(10-14(11-13)20-2)16(18-17)7-3-5-15-6-4-8-21-15/h4,6,8-11,16,18H,3,5,7,17H2,1-2H3. The summed E-state index contributed by atoms with van der Waals surface area (Å²) in [7, 11) is 3.31. The van der Waals surface area contributed by atoms with Gasteiger partial charge in [-0.1, -0.05) is 6.07 Å². The zero-order chi connectivity index (χ0) is 15.1. The first-order valence-electron chi connectivity index (χ1n) is 6.98. The Morgan fingerprint density at radius 1 is 1.19 bits per heavy atom. The van der Waals surface area contributed by atoms with Gasteiger partial charge in [0.1, 0.15) is 11.5 Å². The number of hydrazine groups is 1. The van der Waals surface area contributed by atoms with E-state index in [1.807, 2.05) is 18.2 Å². The van der Waals surface area contributed by atoms with Gasteiger partial charge < -0.3 is 9.47 Å². The van der Waals surface area contributed by atoms with Gasteiger partial charge in [0.25, 0.3) is 0 Å². The lowest BCUT2D eigenvalue weighted by atomic mass is 10.0. The minimum Gasteiger partial charge on any atom is -0.497 e. The van der Waals surface area contributed by atoms with Gasteiger partial charge in [0.2, 0.25) is 0 Å². The van der Waals surface area contributed by atoms with Crippen molar-refractivity contribution in [1.82, 2.24) is 5.43 Å². The molecule has 0 radical (unpaired) electrons. The lowest BCUT2D eigenvalue weighted by Crippen LogP contribution is -2.28. The third-order valence-corrected chi connectivity index (χ3v) is 4.41. The number of hydrogen-bond donors (Lipinski definition) is 2. The third-order valence-electron chi connectivity index (χ3n) is 3.47. The van der Waals surface area contributed by atoms with Crippen molar-refractivity contribution in [3.8, 4) is 11.5 Å². The highest BCUT2D eigenvalue weighted by molar-refractivity contribution is 7.09. The van der Waals surface area contributed by atoms with Gasteiger partial charge in [0.15, 0.2) is 0 Å². The number of benzene rings is 1. The first-order chi connectivity index (χ1) is 10.3. The smallest absolute Gasteiger partial charge is 0.122 e. The number of nitrogens with one attached hydrogen (secondary N) is 1. The van der Waals surface area contributed by atoms with Gasteiger partial charge in [0.05, 0.1) is 14.2 Å². The fourth-order valence-corrected chi connectivity index (χ4v) is 3.06. The Hall–Kier alpha value is -1.56. The maximum absolute atomic E-state index is 5.72. The van der Waals surface area contributed by atoms with Crippen molar-refractivity contribution in [3.05, 3.63) is 46.2 Å². The van der Waals surface area contributed by atoms with E-state index < -0.39 is 0 Å². The molecule has 21 heavy (non-hydrogen) atoms. The summed E-state index contributed by atoms with van der Waals surface area (Å²) >= 11 is 1.80. The van der Waals surface area contributed by atoms with Crippen LogP contribution in [0.1, 0.15) is 29.3 Å². The summed E-state index contributed by atoms with van der Waals surface area (Å²) in [6, 6.07) is 10.2. The first kappa shape index (κ1) is 15.8. The molecule has 0 aliphatic carbocycles. The molecule has 3 N–H and O–H groups in total. The van der Waals surface area contributed by atoms with Gasteiger partial charge in [-0.05, 0) is 48.4 Å². The lowest BCUT2D eigenvalue weighted by molar-refractivity contribution is 0.390. The third kappa shape index (κ3) is 4.46. The Morgan fingerprint density at radius 2 is 1.90 bits per heavy atom. The number of nitrogens with two attached hydrogens (primary N) is 1. The van der Waals surface area contributed by atoms with Crippen LogP contribution in [0.5, 0.6) is 11.5 Å². The molecule has 0 aliphatic heterocycles. The van der Waals surface area contributed by atoms with Crippen LogP contribution in [0, 0.1) is 0 Å². The molecule has 0 spiro atoms. The van der Waals surface area contributed by atoms with Gasteiger partial charge in [-0.15, -0.1) is 11.3 Å². The molecular weight excluding hydrogens is 284 g/mol. The number of methoxy groups -OCH3 is 2. The van der Waals surface area contributed by atoms with E-state index >= 15 is 0 Å². The molecule has 5 heteroatoms. The van der Waals surface area contributed by atoms with Crippen molar-refractivity contribution in [2.45, 2.75) is 25.3 Å². The monoisotopic (exact) mass is 306 g/mol. The van der Waals surface area contributed by atoms with Crippen LogP contribution in [-0.2, 0) is 6.42 Å². The molecule has 114 valence electrons. The molecule has 0 amide bonds. The van der Waals surface area contributed by atoms with Gasteiger partial charge >= 0.3 is 0 Å². The minimum absolute atomic E-state index is 0.0916. The first-order valence-corrected chi connectivity index (χ1v) is 7.86. The molecule has 2 rings (SSSR count). The zero-order valence-electron chi connectivity index (χ0n) is 12.5. The molecule has 1 aromatic heterocycles. The zero-order valence-corrected chi connectivity index (χ0v) is 13.3. The average Bonchev–Trinajstić information content (AvgIpc) is 3.04. The Morgan fingerprint density at radius 3 is 2.43 bits per heavy atom. The molecule has 2 aromatic rings. The Kier molecular flexibility index (Phi) is 6.04. The van der Waals surface area contributed by atoms with Crippen LogP contribution in [0.3, 0.4) is 0 Å². The van der Waals surface area contributed by atoms with Crippen molar-refractivity contribution in [2.75, 3.05) is 14.2 Å². The highest BCUT2D eigenvalue weighted by Gasteiger charge is 2.12. The normalized spacial score (nSPS) is 12.1. The summed E-state index contributed by atoms with van der Waals surface area (Å²) in [6.07, 6.45) is 3.12. The van der Waals surface area contributed by atoms with Crippen LogP contribution in [0.15, 0.2) is 35.7 Å². The molecule has 1 atom stereocenters. The largest absolute Gasteiger partial charge is 0.497 e. The molecule has 0 saturated heterocycles. The van der Waals surface area contributed by atoms with E-state index in [9.17, 15) is 0 Å². The molecule has 0 fully saturated rings. The molecule has 4 nitrogen and oxygen atoms in total. The fraction of sp³-hybridized carbons (Fsp3) is 0.375. The number of aryl methyl sites for hydroxylation is 1.